The molecule has 0 saturated carbocycles. The average Bonchev–Trinajstić information content (AvgIpc) is 2.35. The van der Waals surface area contributed by atoms with Crippen LogP contribution >= 0.6 is 0 Å². The predicted molar refractivity (Wildman–Crippen MR) is 64.2 cm³/mol. The van der Waals surface area contributed by atoms with E-state index < -0.39 is 0 Å². The van der Waals surface area contributed by atoms with Crippen LogP contribution in [0.15, 0.2) is 24.3 Å². The Kier molecular flexibility index (Phi) is 3.42. The van der Waals surface area contributed by atoms with Crippen LogP contribution in [0.4, 0.5) is 0 Å². The Labute approximate surface area is 101 Å². The van der Waals surface area contributed by atoms with Gasteiger partial charge in [0.25, 0.3) is 0 Å². The topological polar surface area (TPSA) is 49.4 Å². The van der Waals surface area contributed by atoms with Crippen molar-refractivity contribution in [3.63, 3.8) is 0 Å². The summed E-state index contributed by atoms with van der Waals surface area (Å²) in [4.78, 5) is 24.4. The first-order chi connectivity index (χ1) is 8.16. The van der Waals surface area contributed by atoms with E-state index in [-0.39, 0.29) is 18.4 Å². The van der Waals surface area contributed by atoms with Crippen molar-refractivity contribution in [2.75, 3.05) is 13.1 Å². The Bertz CT molecular complexity index is 443. The molecule has 1 N–H and O–H groups in total. The van der Waals surface area contributed by atoms with Crippen LogP contribution in [0.1, 0.15) is 18.1 Å². The molecule has 0 fully saturated rings. The first-order valence-corrected chi connectivity index (χ1v) is 5.76. The normalized spacial score (nSPS) is 14.1. The van der Waals surface area contributed by atoms with Crippen LogP contribution in [-0.4, -0.2) is 29.8 Å². The number of benzene rings is 1. The van der Waals surface area contributed by atoms with Crippen molar-refractivity contribution >= 4 is 11.8 Å². The zero-order valence-electron chi connectivity index (χ0n) is 9.90. The lowest BCUT2D eigenvalue weighted by molar-refractivity contribution is -0.133. The number of carbonyl (C=O) groups is 2. The Hall–Kier alpha value is -1.84. The molecule has 17 heavy (non-hydrogen) atoms. The molecule has 4 nitrogen and oxygen atoms in total. The zero-order chi connectivity index (χ0) is 12.3. The molecule has 90 valence electrons. The standard InChI is InChI=1S/C13H16N2O2/c1-10(16)14-8-13(17)15-7-6-11-4-2-3-5-12(11)9-15/h2-5H,6-9H2,1H3,(H,14,16). The summed E-state index contributed by atoms with van der Waals surface area (Å²) in [6.07, 6.45) is 0.891. The van der Waals surface area contributed by atoms with Crippen LogP contribution in [-0.2, 0) is 22.6 Å². The molecule has 1 heterocycles. The molecule has 1 aliphatic rings. The summed E-state index contributed by atoms with van der Waals surface area (Å²) in [6.45, 7) is 2.89. The number of rotatable bonds is 2. The molecule has 0 aromatic heterocycles. The van der Waals surface area contributed by atoms with Crippen LogP contribution in [0, 0.1) is 0 Å². The van der Waals surface area contributed by atoms with Crippen molar-refractivity contribution < 1.29 is 9.59 Å². The van der Waals surface area contributed by atoms with Gasteiger partial charge in [-0.3, -0.25) is 9.59 Å². The fourth-order valence-corrected chi connectivity index (χ4v) is 2.02. The molecule has 1 aromatic rings. The third-order valence-corrected chi connectivity index (χ3v) is 2.97. The largest absolute Gasteiger partial charge is 0.347 e. The number of fused-ring (bicyclic) bond motifs is 1. The summed E-state index contributed by atoms with van der Waals surface area (Å²) in [5.74, 6) is -0.189. The van der Waals surface area contributed by atoms with Gasteiger partial charge in [-0.05, 0) is 17.5 Å². The summed E-state index contributed by atoms with van der Waals surface area (Å²) < 4.78 is 0. The van der Waals surface area contributed by atoms with Gasteiger partial charge in [0, 0.05) is 20.0 Å². The van der Waals surface area contributed by atoms with Crippen molar-refractivity contribution in [1.29, 1.82) is 0 Å². The van der Waals surface area contributed by atoms with Crippen molar-refractivity contribution in [3.05, 3.63) is 35.4 Å². The molecule has 0 atom stereocenters. The Morgan fingerprint density at radius 2 is 2.00 bits per heavy atom. The summed E-state index contributed by atoms with van der Waals surface area (Å²) in [7, 11) is 0. The minimum Gasteiger partial charge on any atom is -0.347 e. The zero-order valence-corrected chi connectivity index (χ0v) is 9.90. The summed E-state index contributed by atoms with van der Waals surface area (Å²) in [6, 6.07) is 8.16. The molecule has 0 radical (unpaired) electrons. The third-order valence-electron chi connectivity index (χ3n) is 2.97. The van der Waals surface area contributed by atoms with Gasteiger partial charge in [0.15, 0.2) is 0 Å². The fraction of sp³-hybridized carbons (Fsp3) is 0.385. The Morgan fingerprint density at radius 1 is 1.29 bits per heavy atom. The van der Waals surface area contributed by atoms with Gasteiger partial charge in [-0.2, -0.15) is 0 Å². The van der Waals surface area contributed by atoms with E-state index in [9.17, 15) is 9.59 Å². The maximum absolute atomic E-state index is 11.8. The third kappa shape index (κ3) is 2.84. The highest BCUT2D eigenvalue weighted by Crippen LogP contribution is 2.18. The lowest BCUT2D eigenvalue weighted by atomic mass is 10.00. The SMILES string of the molecule is CC(=O)NCC(=O)N1CCc2ccccc2C1. The number of amides is 2. The lowest BCUT2D eigenvalue weighted by Gasteiger charge is -2.28. The number of nitrogens with zero attached hydrogens (tertiary/aromatic N) is 1. The van der Waals surface area contributed by atoms with Gasteiger partial charge in [0.1, 0.15) is 0 Å². The Balaban J connectivity index is 1.97. The van der Waals surface area contributed by atoms with E-state index in [2.05, 4.69) is 11.4 Å². The molecule has 2 amide bonds. The lowest BCUT2D eigenvalue weighted by Crippen LogP contribution is -2.42. The predicted octanol–water partition coefficient (Wildman–Crippen LogP) is 0.707. The fourth-order valence-electron chi connectivity index (χ4n) is 2.02. The van der Waals surface area contributed by atoms with Gasteiger partial charge >= 0.3 is 0 Å². The number of nitrogens with one attached hydrogen (secondary N) is 1. The minimum atomic E-state index is -0.171. The maximum Gasteiger partial charge on any atom is 0.242 e. The van der Waals surface area contributed by atoms with E-state index in [4.69, 9.17) is 0 Å². The minimum absolute atomic E-state index is 0.0188. The van der Waals surface area contributed by atoms with E-state index in [0.717, 1.165) is 13.0 Å². The van der Waals surface area contributed by atoms with Crippen molar-refractivity contribution in [2.24, 2.45) is 0 Å². The quantitative estimate of drug-likeness (QED) is 0.816. The second-order valence-electron chi connectivity index (χ2n) is 4.24. The summed E-state index contributed by atoms with van der Waals surface area (Å²) in [5, 5.41) is 2.54. The molecule has 1 aromatic carbocycles. The van der Waals surface area contributed by atoms with Crippen molar-refractivity contribution in [3.8, 4) is 0 Å². The van der Waals surface area contributed by atoms with E-state index in [1.54, 1.807) is 4.90 Å². The molecule has 2 rings (SSSR count). The van der Waals surface area contributed by atoms with Crippen molar-refractivity contribution in [2.45, 2.75) is 19.9 Å². The van der Waals surface area contributed by atoms with E-state index in [0.29, 0.717) is 6.54 Å². The van der Waals surface area contributed by atoms with Gasteiger partial charge in [-0.1, -0.05) is 24.3 Å². The summed E-state index contributed by atoms with van der Waals surface area (Å²) in [5.41, 5.74) is 2.52. The molecule has 0 saturated heterocycles. The van der Waals surface area contributed by atoms with Crippen LogP contribution in [0.3, 0.4) is 0 Å². The smallest absolute Gasteiger partial charge is 0.242 e. The van der Waals surface area contributed by atoms with Crippen molar-refractivity contribution in [1.82, 2.24) is 10.2 Å². The maximum atomic E-state index is 11.8. The van der Waals surface area contributed by atoms with Gasteiger partial charge in [0.2, 0.25) is 11.8 Å². The molecule has 0 unspecified atom stereocenters. The van der Waals surface area contributed by atoms with Crippen LogP contribution < -0.4 is 5.32 Å². The summed E-state index contributed by atoms with van der Waals surface area (Å²) >= 11 is 0. The van der Waals surface area contributed by atoms with E-state index in [1.807, 2.05) is 18.2 Å². The molecule has 0 bridgehead atoms. The number of hydrogen-bond acceptors (Lipinski definition) is 2. The highest BCUT2D eigenvalue weighted by molar-refractivity contribution is 5.83. The second kappa shape index (κ2) is 4.99. The Morgan fingerprint density at radius 3 is 2.71 bits per heavy atom. The van der Waals surface area contributed by atoms with Crippen LogP contribution in [0.5, 0.6) is 0 Å². The second-order valence-corrected chi connectivity index (χ2v) is 4.24. The average molecular weight is 232 g/mol. The molecule has 0 aliphatic carbocycles. The molecular weight excluding hydrogens is 216 g/mol. The van der Waals surface area contributed by atoms with E-state index >= 15 is 0 Å². The molecular formula is C13H16N2O2. The number of hydrogen-bond donors (Lipinski definition) is 1. The highest BCUT2D eigenvalue weighted by atomic mass is 16.2. The van der Waals surface area contributed by atoms with E-state index in [1.165, 1.54) is 18.1 Å². The molecule has 0 spiro atoms. The highest BCUT2D eigenvalue weighted by Gasteiger charge is 2.19. The molecule has 1 aliphatic heterocycles. The molecule has 4 heteroatoms. The van der Waals surface area contributed by atoms with Gasteiger partial charge in [-0.25, -0.2) is 0 Å². The van der Waals surface area contributed by atoms with Crippen LogP contribution in [0.25, 0.3) is 0 Å². The first kappa shape index (κ1) is 11.6. The monoisotopic (exact) mass is 232 g/mol. The van der Waals surface area contributed by atoms with Gasteiger partial charge in [0.05, 0.1) is 6.54 Å². The van der Waals surface area contributed by atoms with Crippen LogP contribution in [0.2, 0.25) is 0 Å². The van der Waals surface area contributed by atoms with Gasteiger partial charge in [-0.15, -0.1) is 0 Å². The first-order valence-electron chi connectivity index (χ1n) is 5.76. The number of carbonyl (C=O) groups excluding carboxylic acids is 2. The van der Waals surface area contributed by atoms with Gasteiger partial charge < -0.3 is 10.2 Å².